The first kappa shape index (κ1) is 28.5. The zero-order valence-electron chi connectivity index (χ0n) is 17.5. The van der Waals surface area contributed by atoms with E-state index in [-0.39, 0.29) is 57.1 Å². The van der Waals surface area contributed by atoms with Crippen molar-refractivity contribution in [2.75, 3.05) is 0 Å². The predicted molar refractivity (Wildman–Crippen MR) is 118 cm³/mol. The Labute approximate surface area is 218 Å². The second-order valence-corrected chi connectivity index (χ2v) is 6.53. The van der Waals surface area contributed by atoms with Gasteiger partial charge < -0.3 is 20.4 Å². The van der Waals surface area contributed by atoms with Crippen molar-refractivity contribution in [3.05, 3.63) is 108 Å². The molecule has 4 rings (SSSR count). The van der Waals surface area contributed by atoms with Crippen LogP contribution in [-0.2, 0) is 34.1 Å². The molecule has 0 aliphatic rings. The molecule has 178 valence electrons. The Morgan fingerprint density at radius 3 is 1.03 bits per heavy atom. The van der Waals surface area contributed by atoms with E-state index in [1.807, 2.05) is 0 Å². The predicted octanol–water partition coefficient (Wildman–Crippen LogP) is 3.16. The van der Waals surface area contributed by atoms with Crippen LogP contribution in [0.4, 0.5) is 11.4 Å². The molecule has 0 spiro atoms. The monoisotopic (exact) mass is 548 g/mol. The van der Waals surface area contributed by atoms with Gasteiger partial charge in [0, 0.05) is 12.4 Å². The van der Waals surface area contributed by atoms with Crippen molar-refractivity contribution in [3.8, 4) is 23.0 Å². The van der Waals surface area contributed by atoms with Crippen LogP contribution in [0.15, 0.2) is 107 Å². The minimum absolute atomic E-state index is 0. The number of rotatable bonds is 4. The molecular weight excluding hydrogens is 531 g/mol. The number of para-hydroxylation sites is 6. The summed E-state index contributed by atoms with van der Waals surface area (Å²) in [6, 6.07) is 26.0. The van der Waals surface area contributed by atoms with Gasteiger partial charge >= 0.3 is 34.1 Å². The third kappa shape index (κ3) is 8.43. The summed E-state index contributed by atoms with van der Waals surface area (Å²) in [4.78, 5) is 8.00. The number of nitrogens with zero attached hydrogens (tertiary/aromatic N) is 2. The molecule has 0 aliphatic heterocycles. The van der Waals surface area contributed by atoms with Crippen molar-refractivity contribution in [2.45, 2.75) is 0 Å². The molecule has 0 aliphatic carbocycles. The Morgan fingerprint density at radius 2 is 0.706 bits per heavy atom. The fourth-order valence-electron chi connectivity index (χ4n) is 2.58. The third-order valence-electron chi connectivity index (χ3n) is 4.25. The Hall–Kier alpha value is -3.54. The van der Waals surface area contributed by atoms with E-state index in [2.05, 4.69) is 9.98 Å². The van der Waals surface area contributed by atoms with E-state index in [4.69, 9.17) is 0 Å². The molecule has 0 saturated heterocycles. The second kappa shape index (κ2) is 14.6. The van der Waals surface area contributed by atoms with Gasteiger partial charge in [0.1, 0.15) is 0 Å². The third-order valence-corrected chi connectivity index (χ3v) is 4.25. The van der Waals surface area contributed by atoms with E-state index in [0.29, 0.717) is 22.5 Å². The van der Waals surface area contributed by atoms with Crippen LogP contribution in [0.25, 0.3) is 0 Å². The van der Waals surface area contributed by atoms with E-state index in [1.165, 1.54) is 36.7 Å². The molecule has 0 atom stereocenters. The van der Waals surface area contributed by atoms with Gasteiger partial charge in [-0.25, -0.2) is 0 Å². The van der Waals surface area contributed by atoms with Crippen LogP contribution >= 0.6 is 0 Å². The van der Waals surface area contributed by atoms with Crippen LogP contribution < -0.4 is 20.4 Å². The van der Waals surface area contributed by atoms with Gasteiger partial charge in [0.25, 0.3) is 0 Å². The molecule has 0 heterocycles. The fraction of sp³-hybridized carbons (Fsp3) is 0. The van der Waals surface area contributed by atoms with E-state index in [9.17, 15) is 20.4 Å². The van der Waals surface area contributed by atoms with Crippen molar-refractivity contribution in [2.24, 2.45) is 9.98 Å². The molecule has 6 nitrogen and oxygen atoms in total. The zero-order chi connectivity index (χ0) is 22.8. The van der Waals surface area contributed by atoms with Gasteiger partial charge in [0.2, 0.25) is 0 Å². The molecule has 8 heteroatoms. The van der Waals surface area contributed by atoms with Crippen LogP contribution in [0.1, 0.15) is 11.1 Å². The number of aliphatic imine (C=N–C) groups is 2. The summed E-state index contributed by atoms with van der Waals surface area (Å²) in [6.07, 6.45) is 2.83. The molecule has 0 unspecified atom stereocenters. The molecule has 4 aromatic rings. The van der Waals surface area contributed by atoms with Crippen LogP contribution in [-0.4, -0.2) is 12.4 Å². The molecule has 4 aromatic carbocycles. The molecule has 0 saturated carbocycles. The first-order valence-electron chi connectivity index (χ1n) is 9.67. The van der Waals surface area contributed by atoms with Gasteiger partial charge in [0.05, 0.1) is 11.4 Å². The summed E-state index contributed by atoms with van der Waals surface area (Å²) in [5.74, 6) is -0.506. The Bertz CT molecular complexity index is 1050. The van der Waals surface area contributed by atoms with Crippen LogP contribution in [0.3, 0.4) is 0 Å². The first-order valence-corrected chi connectivity index (χ1v) is 9.67. The minimum Gasteiger partial charge on any atom is -0.872 e. The standard InChI is InChI=1S/2C13H11NO2.2Cu/c2*15-12-7-3-1-5-10(12)9-14-11-6-2-4-8-13(11)16;;/h2*1-9,15-16H;;/q;;2*+2/p-4. The molecular formula is C26H18Cu2N2O4. The number of hydrogen-bond acceptors (Lipinski definition) is 6. The van der Waals surface area contributed by atoms with Crippen molar-refractivity contribution >= 4 is 23.8 Å². The van der Waals surface area contributed by atoms with Gasteiger partial charge in [-0.05, 0) is 23.3 Å². The van der Waals surface area contributed by atoms with Gasteiger partial charge in [-0.1, -0.05) is 96.4 Å². The molecule has 34 heavy (non-hydrogen) atoms. The second-order valence-electron chi connectivity index (χ2n) is 6.53. The van der Waals surface area contributed by atoms with Gasteiger partial charge in [-0.2, -0.15) is 0 Å². The summed E-state index contributed by atoms with van der Waals surface area (Å²) in [5, 5.41) is 45.4. The summed E-state index contributed by atoms with van der Waals surface area (Å²) in [6.45, 7) is 0. The molecule has 0 aromatic heterocycles. The fourth-order valence-corrected chi connectivity index (χ4v) is 2.58. The average Bonchev–Trinajstić information content (AvgIpc) is 2.80. The maximum absolute atomic E-state index is 11.4. The van der Waals surface area contributed by atoms with Gasteiger partial charge in [-0.3, -0.25) is 9.98 Å². The van der Waals surface area contributed by atoms with E-state index >= 15 is 0 Å². The average molecular weight is 550 g/mol. The van der Waals surface area contributed by atoms with Gasteiger partial charge in [0.15, 0.2) is 0 Å². The SMILES string of the molecule is [Cu+2].[Cu+2].[O-]c1ccccc1C=Nc1ccccc1[O-].[O-]c1ccccc1C=Nc1ccccc1[O-]. The first-order chi connectivity index (χ1) is 15.5. The van der Waals surface area contributed by atoms with Crippen molar-refractivity contribution in [1.29, 1.82) is 0 Å². The van der Waals surface area contributed by atoms with Crippen molar-refractivity contribution in [1.82, 2.24) is 0 Å². The molecule has 0 fully saturated rings. The summed E-state index contributed by atoms with van der Waals surface area (Å²) in [5.41, 5.74) is 1.63. The molecule has 0 amide bonds. The summed E-state index contributed by atoms with van der Waals surface area (Å²) in [7, 11) is 0. The van der Waals surface area contributed by atoms with E-state index in [1.54, 1.807) is 72.8 Å². The Kier molecular flexibility index (Phi) is 12.2. The largest absolute Gasteiger partial charge is 2.00 e. The minimum atomic E-state index is -0.151. The van der Waals surface area contributed by atoms with Crippen LogP contribution in [0, 0.1) is 0 Å². The zero-order valence-corrected chi connectivity index (χ0v) is 19.4. The normalized spacial score (nSPS) is 10.1. The van der Waals surface area contributed by atoms with Gasteiger partial charge in [-0.15, -0.1) is 11.5 Å². The Morgan fingerprint density at radius 1 is 0.412 bits per heavy atom. The molecule has 0 bridgehead atoms. The van der Waals surface area contributed by atoms with Crippen LogP contribution in [0.2, 0.25) is 0 Å². The topological polar surface area (TPSA) is 117 Å². The maximum atomic E-state index is 11.4. The van der Waals surface area contributed by atoms with Crippen molar-refractivity contribution in [3.63, 3.8) is 0 Å². The maximum Gasteiger partial charge on any atom is 2.00 e. The summed E-state index contributed by atoms with van der Waals surface area (Å²) >= 11 is 0. The van der Waals surface area contributed by atoms with E-state index in [0.717, 1.165) is 0 Å². The smallest absolute Gasteiger partial charge is 0.872 e. The molecule has 0 N–H and O–H groups in total. The van der Waals surface area contributed by atoms with Crippen molar-refractivity contribution < 1.29 is 54.6 Å². The Balaban J connectivity index is 0.000000321. The quantitative estimate of drug-likeness (QED) is 0.287. The number of hydrogen-bond donors (Lipinski definition) is 0. The number of benzene rings is 4. The van der Waals surface area contributed by atoms with E-state index < -0.39 is 0 Å². The molecule has 2 radical (unpaired) electrons. The van der Waals surface area contributed by atoms with Crippen LogP contribution in [0.5, 0.6) is 23.0 Å². The summed E-state index contributed by atoms with van der Waals surface area (Å²) < 4.78 is 0.